The molecule has 6 nitrogen and oxygen atoms in total. The largest absolute Gasteiger partial charge is 0.496 e. The maximum absolute atomic E-state index is 5.46. The van der Waals surface area contributed by atoms with Gasteiger partial charge in [0.05, 0.1) is 24.7 Å². The zero-order valence-electron chi connectivity index (χ0n) is 13.2. The van der Waals surface area contributed by atoms with Crippen LogP contribution in [0.25, 0.3) is 11.0 Å². The van der Waals surface area contributed by atoms with E-state index in [9.17, 15) is 0 Å². The van der Waals surface area contributed by atoms with Gasteiger partial charge in [-0.3, -0.25) is 4.68 Å². The van der Waals surface area contributed by atoms with E-state index < -0.39 is 0 Å². The maximum atomic E-state index is 5.46. The van der Waals surface area contributed by atoms with Crippen molar-refractivity contribution < 1.29 is 4.74 Å². The summed E-state index contributed by atoms with van der Waals surface area (Å²) in [4.78, 5) is 8.60. The minimum Gasteiger partial charge on any atom is -0.496 e. The lowest BCUT2D eigenvalue weighted by Gasteiger charge is -2.18. The third-order valence-electron chi connectivity index (χ3n) is 3.73. The summed E-state index contributed by atoms with van der Waals surface area (Å²) in [7, 11) is 3.55. The molecule has 6 heteroatoms. The normalized spacial score (nSPS) is 12.4. The Balaban J connectivity index is 1.96. The number of rotatable bonds is 4. The van der Waals surface area contributed by atoms with Crippen LogP contribution in [0, 0.1) is 6.92 Å². The van der Waals surface area contributed by atoms with Gasteiger partial charge in [0.1, 0.15) is 17.9 Å². The lowest BCUT2D eigenvalue weighted by Crippen LogP contribution is -2.10. The number of anilines is 1. The molecule has 0 unspecified atom stereocenters. The third kappa shape index (κ3) is 2.47. The Morgan fingerprint density at radius 3 is 2.86 bits per heavy atom. The summed E-state index contributed by atoms with van der Waals surface area (Å²) in [5.74, 6) is 1.64. The van der Waals surface area contributed by atoms with Crippen molar-refractivity contribution in [3.05, 3.63) is 41.9 Å². The Labute approximate surface area is 129 Å². The molecule has 1 aromatic carbocycles. The Morgan fingerprint density at radius 1 is 1.27 bits per heavy atom. The zero-order valence-corrected chi connectivity index (χ0v) is 13.2. The molecular weight excluding hydrogens is 278 g/mol. The molecular formula is C16H19N5O. The van der Waals surface area contributed by atoms with Crippen LogP contribution >= 0.6 is 0 Å². The Morgan fingerprint density at radius 2 is 2.09 bits per heavy atom. The number of ether oxygens (including phenoxy) is 1. The molecule has 0 bridgehead atoms. The van der Waals surface area contributed by atoms with E-state index in [1.165, 1.54) is 5.56 Å². The van der Waals surface area contributed by atoms with E-state index in [1.54, 1.807) is 24.3 Å². The van der Waals surface area contributed by atoms with E-state index in [0.717, 1.165) is 28.2 Å². The number of hydrogen-bond donors (Lipinski definition) is 1. The topological polar surface area (TPSA) is 64.9 Å². The number of benzene rings is 1. The van der Waals surface area contributed by atoms with Crippen molar-refractivity contribution in [3.63, 3.8) is 0 Å². The molecule has 0 aliphatic heterocycles. The second kappa shape index (κ2) is 5.63. The lowest BCUT2D eigenvalue weighted by molar-refractivity contribution is 0.408. The van der Waals surface area contributed by atoms with Crippen molar-refractivity contribution in [1.29, 1.82) is 0 Å². The molecule has 3 aromatic rings. The highest BCUT2D eigenvalue weighted by Crippen LogP contribution is 2.29. The first-order chi connectivity index (χ1) is 10.6. The minimum absolute atomic E-state index is 0.0492. The van der Waals surface area contributed by atoms with E-state index in [1.807, 2.05) is 19.2 Å². The van der Waals surface area contributed by atoms with Gasteiger partial charge >= 0.3 is 0 Å². The van der Waals surface area contributed by atoms with Crippen molar-refractivity contribution in [3.8, 4) is 5.75 Å². The molecule has 0 spiro atoms. The second-order valence-corrected chi connectivity index (χ2v) is 5.34. The number of nitrogens with one attached hydrogen (secondary N) is 1. The molecule has 0 saturated heterocycles. The van der Waals surface area contributed by atoms with Gasteiger partial charge in [-0.05, 0) is 19.9 Å². The van der Waals surface area contributed by atoms with Gasteiger partial charge in [-0.2, -0.15) is 5.10 Å². The summed E-state index contributed by atoms with van der Waals surface area (Å²) in [5.41, 5.74) is 3.10. The summed E-state index contributed by atoms with van der Waals surface area (Å²) in [5, 5.41) is 8.57. The molecule has 0 amide bonds. The van der Waals surface area contributed by atoms with Crippen LogP contribution in [-0.4, -0.2) is 26.9 Å². The fourth-order valence-electron chi connectivity index (χ4n) is 2.55. The van der Waals surface area contributed by atoms with E-state index in [0.29, 0.717) is 0 Å². The third-order valence-corrected chi connectivity index (χ3v) is 3.73. The lowest BCUT2D eigenvalue weighted by atomic mass is 10.0. The van der Waals surface area contributed by atoms with E-state index in [2.05, 4.69) is 40.3 Å². The van der Waals surface area contributed by atoms with Crippen molar-refractivity contribution in [2.75, 3.05) is 12.4 Å². The smallest absolute Gasteiger partial charge is 0.163 e. The average Bonchev–Trinajstić information content (AvgIpc) is 2.90. The summed E-state index contributed by atoms with van der Waals surface area (Å²) in [6.07, 6.45) is 3.32. The van der Waals surface area contributed by atoms with E-state index in [-0.39, 0.29) is 6.04 Å². The Kier molecular flexibility index (Phi) is 3.66. The van der Waals surface area contributed by atoms with Crippen LogP contribution in [-0.2, 0) is 7.05 Å². The number of hydrogen-bond acceptors (Lipinski definition) is 5. The standard InChI is InChI=1S/C16H19N5O/c1-10-5-6-14(22-4)12(7-10)11(2)20-15-13-8-19-21(3)16(13)18-9-17-15/h5-9,11H,1-4H3,(H,17,18,20)/t11-/m0/s1. The highest BCUT2D eigenvalue weighted by atomic mass is 16.5. The SMILES string of the molecule is COc1ccc(C)cc1[C@H](C)Nc1ncnc2c1cnn2C. The average molecular weight is 297 g/mol. The molecule has 22 heavy (non-hydrogen) atoms. The molecule has 0 saturated carbocycles. The van der Waals surface area contributed by atoms with Crippen LogP contribution in [0.15, 0.2) is 30.7 Å². The fraction of sp³-hybridized carbons (Fsp3) is 0.312. The number of nitrogens with zero attached hydrogens (tertiary/aromatic N) is 4. The first-order valence-electron chi connectivity index (χ1n) is 7.14. The highest BCUT2D eigenvalue weighted by molar-refractivity contribution is 5.86. The van der Waals surface area contributed by atoms with E-state index in [4.69, 9.17) is 4.74 Å². The highest BCUT2D eigenvalue weighted by Gasteiger charge is 2.15. The number of aromatic nitrogens is 4. The first-order valence-corrected chi connectivity index (χ1v) is 7.14. The second-order valence-electron chi connectivity index (χ2n) is 5.34. The van der Waals surface area contributed by atoms with Gasteiger partial charge in [0.25, 0.3) is 0 Å². The van der Waals surface area contributed by atoms with Gasteiger partial charge in [0.15, 0.2) is 5.65 Å². The first kappa shape index (κ1) is 14.3. The predicted molar refractivity (Wildman–Crippen MR) is 86.1 cm³/mol. The van der Waals surface area contributed by atoms with Crippen LogP contribution in [0.4, 0.5) is 5.82 Å². The Hall–Kier alpha value is -2.63. The molecule has 0 fully saturated rings. The van der Waals surface area contributed by atoms with Gasteiger partial charge in [0, 0.05) is 12.6 Å². The van der Waals surface area contributed by atoms with Crippen LogP contribution in [0.2, 0.25) is 0 Å². The number of fused-ring (bicyclic) bond motifs is 1. The van der Waals surface area contributed by atoms with Crippen LogP contribution in [0.5, 0.6) is 5.75 Å². The summed E-state index contributed by atoms with van der Waals surface area (Å²) in [6.45, 7) is 4.15. The molecule has 0 radical (unpaired) electrons. The fourth-order valence-corrected chi connectivity index (χ4v) is 2.55. The summed E-state index contributed by atoms with van der Waals surface area (Å²) < 4.78 is 7.20. The number of methoxy groups -OCH3 is 1. The Bertz CT molecular complexity index is 811. The molecule has 0 aliphatic carbocycles. The molecule has 2 heterocycles. The van der Waals surface area contributed by atoms with Crippen molar-refractivity contribution >= 4 is 16.9 Å². The molecule has 1 atom stereocenters. The predicted octanol–water partition coefficient (Wildman–Crippen LogP) is 2.85. The summed E-state index contributed by atoms with van der Waals surface area (Å²) in [6, 6.07) is 6.20. The van der Waals surface area contributed by atoms with Gasteiger partial charge in [-0.1, -0.05) is 17.7 Å². The monoisotopic (exact) mass is 297 g/mol. The van der Waals surface area contributed by atoms with Gasteiger partial charge in [0.2, 0.25) is 0 Å². The van der Waals surface area contributed by atoms with Crippen molar-refractivity contribution in [2.24, 2.45) is 7.05 Å². The summed E-state index contributed by atoms with van der Waals surface area (Å²) >= 11 is 0. The molecule has 0 aliphatic rings. The van der Waals surface area contributed by atoms with Crippen molar-refractivity contribution in [1.82, 2.24) is 19.7 Å². The molecule has 2 aromatic heterocycles. The van der Waals surface area contributed by atoms with Gasteiger partial charge in [-0.25, -0.2) is 9.97 Å². The number of aryl methyl sites for hydroxylation is 2. The minimum atomic E-state index is 0.0492. The molecule has 1 N–H and O–H groups in total. The molecule has 3 rings (SSSR count). The van der Waals surface area contributed by atoms with Crippen LogP contribution < -0.4 is 10.1 Å². The quantitative estimate of drug-likeness (QED) is 0.802. The maximum Gasteiger partial charge on any atom is 0.163 e. The van der Waals surface area contributed by atoms with Crippen molar-refractivity contribution in [2.45, 2.75) is 19.9 Å². The van der Waals surface area contributed by atoms with Crippen LogP contribution in [0.1, 0.15) is 24.1 Å². The molecule has 114 valence electrons. The zero-order chi connectivity index (χ0) is 15.7. The van der Waals surface area contributed by atoms with Gasteiger partial charge < -0.3 is 10.1 Å². The van der Waals surface area contributed by atoms with E-state index >= 15 is 0 Å². The van der Waals surface area contributed by atoms with Gasteiger partial charge in [-0.15, -0.1) is 0 Å². The van der Waals surface area contributed by atoms with Crippen LogP contribution in [0.3, 0.4) is 0 Å².